The maximum Gasteiger partial charge on any atom is 0.186 e. The number of nitrogens with one attached hydrogen (secondary N) is 1. The van der Waals surface area contributed by atoms with Crippen molar-refractivity contribution in [3.8, 4) is 0 Å². The van der Waals surface area contributed by atoms with Gasteiger partial charge in [-0.05, 0) is 33.2 Å². The summed E-state index contributed by atoms with van der Waals surface area (Å²) in [5.74, 6) is 0. The minimum atomic E-state index is -1.61. The Kier molecular flexibility index (Phi) is 4.55. The topological polar surface area (TPSA) is 41.3 Å². The van der Waals surface area contributed by atoms with Gasteiger partial charge < -0.3 is 14.3 Å². The molecule has 0 bridgehead atoms. The Hall–Kier alpha value is 0.531. The molecule has 0 rings (SSSR count). The van der Waals surface area contributed by atoms with Crippen molar-refractivity contribution < 1.29 is 0 Å². The first-order valence-electron chi connectivity index (χ1n) is 4.87. The minimum Gasteiger partial charge on any atom is -0.340 e. The van der Waals surface area contributed by atoms with E-state index >= 15 is 0 Å². The maximum atomic E-state index is 6.11. The smallest absolute Gasteiger partial charge is 0.186 e. The average Bonchev–Trinajstić information content (AvgIpc) is 1.80. The van der Waals surface area contributed by atoms with Crippen LogP contribution in [0, 0.1) is 0 Å². The monoisotopic (exact) mass is 235 g/mol. The summed E-state index contributed by atoms with van der Waals surface area (Å²) < 4.78 is 6.27. The normalized spacial score (nSPS) is 14.3. The lowest BCUT2D eigenvalue weighted by atomic mass is 11.6. The zero-order valence-corrected chi connectivity index (χ0v) is 13.3. The summed E-state index contributed by atoms with van der Waals surface area (Å²) >= 11 is 0. The molecule has 0 spiro atoms. The first kappa shape index (κ1) is 13.5. The van der Waals surface area contributed by atoms with Crippen molar-refractivity contribution in [3.05, 3.63) is 0 Å². The molecule has 0 radical (unpaired) electrons. The Morgan fingerprint density at radius 3 is 1.77 bits per heavy atom. The summed E-state index contributed by atoms with van der Waals surface area (Å²) in [5, 5.41) is 6.11. The number of hydrogen-bond acceptors (Lipinski definition) is 3. The van der Waals surface area contributed by atoms with Crippen molar-refractivity contribution in [1.29, 1.82) is 0 Å². The maximum absolute atomic E-state index is 6.11. The van der Waals surface area contributed by atoms with E-state index in [4.69, 9.17) is 5.40 Å². The van der Waals surface area contributed by atoms with Crippen LogP contribution in [-0.4, -0.2) is 37.0 Å². The quantitative estimate of drug-likeness (QED) is 0.710. The van der Waals surface area contributed by atoms with E-state index in [0.717, 1.165) is 0 Å². The van der Waals surface area contributed by atoms with Crippen LogP contribution in [0.4, 0.5) is 0 Å². The molecule has 0 aliphatic carbocycles. The van der Waals surface area contributed by atoms with Crippen LogP contribution in [0.1, 0.15) is 0 Å². The van der Waals surface area contributed by atoms with Gasteiger partial charge in [0.1, 0.15) is 0 Å². The molecule has 3 N–H and O–H groups in total. The Morgan fingerprint density at radius 2 is 1.54 bits per heavy atom. The molecule has 6 heteroatoms. The highest BCUT2D eigenvalue weighted by atomic mass is 28.4. The molecule has 0 aromatic rings. The molecule has 0 amide bonds. The van der Waals surface area contributed by atoms with Crippen LogP contribution >= 0.6 is 0 Å². The first-order chi connectivity index (χ1) is 5.56. The number of nitrogens with zero attached hydrogens (tertiary/aromatic N) is 1. The van der Waals surface area contributed by atoms with Gasteiger partial charge in [-0.2, -0.15) is 0 Å². The fourth-order valence-corrected chi connectivity index (χ4v) is 14.3. The van der Waals surface area contributed by atoms with Crippen LogP contribution < -0.4 is 10.0 Å². The van der Waals surface area contributed by atoms with E-state index in [1.165, 1.54) is 0 Å². The molecule has 80 valence electrons. The molecule has 0 atom stereocenters. The van der Waals surface area contributed by atoms with Crippen molar-refractivity contribution in [2.24, 2.45) is 5.40 Å². The van der Waals surface area contributed by atoms with Crippen LogP contribution in [0.5, 0.6) is 0 Å². The van der Waals surface area contributed by atoms with Crippen molar-refractivity contribution in [1.82, 2.24) is 8.88 Å². The van der Waals surface area contributed by atoms with Gasteiger partial charge >= 0.3 is 0 Å². The summed E-state index contributed by atoms with van der Waals surface area (Å²) in [4.78, 5) is 0. The van der Waals surface area contributed by atoms with Crippen molar-refractivity contribution in [3.63, 3.8) is 0 Å². The molecule has 0 aromatic carbocycles. The number of nitrogens with two attached hydrogens (primary N) is 1. The molecule has 0 heterocycles. The van der Waals surface area contributed by atoms with E-state index in [0.29, 0.717) is 0 Å². The highest BCUT2D eigenvalue weighted by Crippen LogP contribution is 2.08. The van der Waals surface area contributed by atoms with Gasteiger partial charge in [-0.1, -0.05) is 13.1 Å². The Bertz CT molecular complexity index is 165. The van der Waals surface area contributed by atoms with Crippen LogP contribution in [0.3, 0.4) is 0 Å². The predicted molar refractivity (Wildman–Crippen MR) is 68.9 cm³/mol. The summed E-state index contributed by atoms with van der Waals surface area (Å²) in [6.45, 7) is 13.8. The van der Waals surface area contributed by atoms with Crippen LogP contribution in [0.15, 0.2) is 0 Å². The van der Waals surface area contributed by atoms with Gasteiger partial charge in [0.2, 0.25) is 0 Å². The van der Waals surface area contributed by atoms with Crippen molar-refractivity contribution in [2.75, 3.05) is 7.05 Å². The second-order valence-electron chi connectivity index (χ2n) is 5.11. The fourth-order valence-electron chi connectivity index (χ4n) is 1.52. The summed E-state index contributed by atoms with van der Waals surface area (Å²) in [6, 6.07) is 0. The zero-order valence-electron chi connectivity index (χ0n) is 10.1. The summed E-state index contributed by atoms with van der Waals surface area (Å²) in [7, 11) is -1.47. The molecule has 0 unspecified atom stereocenters. The van der Waals surface area contributed by atoms with E-state index in [9.17, 15) is 0 Å². The van der Waals surface area contributed by atoms with E-state index in [1.807, 2.05) is 0 Å². The molecule has 13 heavy (non-hydrogen) atoms. The van der Waals surface area contributed by atoms with Gasteiger partial charge in [0.05, 0.1) is 8.96 Å². The van der Waals surface area contributed by atoms with Gasteiger partial charge in [-0.15, -0.1) is 0 Å². The molecule has 3 nitrogen and oxygen atoms in total. The third-order valence-corrected chi connectivity index (χ3v) is 14.1. The summed E-state index contributed by atoms with van der Waals surface area (Å²) in [5.41, 5.74) is 0. The highest BCUT2D eigenvalue weighted by molar-refractivity contribution is 6.92. The van der Waals surface area contributed by atoms with Crippen LogP contribution in [0.2, 0.25) is 39.3 Å². The lowest BCUT2D eigenvalue weighted by Crippen LogP contribution is -2.71. The lowest BCUT2D eigenvalue weighted by molar-refractivity contribution is 0.760. The molecule has 0 saturated carbocycles. The SMILES string of the molecule is CN([SiH](C)C)[Si](C)(C)N[Si](C)(C)N. The Labute approximate surface area is 86.7 Å². The fraction of sp³-hybridized carbons (Fsp3) is 1.00. The highest BCUT2D eigenvalue weighted by Gasteiger charge is 2.33. The van der Waals surface area contributed by atoms with Gasteiger partial charge in [0.15, 0.2) is 16.8 Å². The third-order valence-electron chi connectivity index (χ3n) is 2.28. The molecule has 0 fully saturated rings. The van der Waals surface area contributed by atoms with Crippen LogP contribution in [0.25, 0.3) is 0 Å². The van der Waals surface area contributed by atoms with E-state index in [1.54, 1.807) is 0 Å². The van der Waals surface area contributed by atoms with E-state index in [-0.39, 0.29) is 0 Å². The summed E-state index contributed by atoms with van der Waals surface area (Å²) in [6.07, 6.45) is 0. The first-order valence-corrected chi connectivity index (χ1v) is 13.7. The number of hydrogen-bond donors (Lipinski definition) is 2. The van der Waals surface area contributed by atoms with Gasteiger partial charge in [-0.3, -0.25) is 0 Å². The molecule has 0 saturated heterocycles. The molecular weight excluding hydrogens is 210 g/mol. The lowest BCUT2D eigenvalue weighted by Gasteiger charge is -2.40. The van der Waals surface area contributed by atoms with E-state index in [2.05, 4.69) is 55.2 Å². The molecular formula is C7H25N3Si3. The molecule has 0 aliphatic heterocycles. The predicted octanol–water partition coefficient (Wildman–Crippen LogP) is 0.854. The van der Waals surface area contributed by atoms with Crippen molar-refractivity contribution >= 4 is 25.8 Å². The Balaban J connectivity index is 4.39. The molecule has 0 aliphatic rings. The minimum absolute atomic E-state index is 0.680. The van der Waals surface area contributed by atoms with Gasteiger partial charge in [-0.25, -0.2) is 0 Å². The average molecular weight is 236 g/mol. The van der Waals surface area contributed by atoms with Crippen molar-refractivity contribution in [2.45, 2.75) is 39.3 Å². The zero-order chi connectivity index (χ0) is 10.9. The standard InChI is InChI=1S/C7H25N3Si3/c1-10(11(2)3)13(6,7)9-12(4,5)8/h9,11H,8H2,1-7H3. The Morgan fingerprint density at radius 1 is 1.15 bits per heavy atom. The van der Waals surface area contributed by atoms with Gasteiger partial charge in [0, 0.05) is 0 Å². The third kappa shape index (κ3) is 5.09. The van der Waals surface area contributed by atoms with Crippen LogP contribution in [-0.2, 0) is 0 Å². The number of rotatable bonds is 4. The van der Waals surface area contributed by atoms with Gasteiger partial charge in [0.25, 0.3) is 0 Å². The largest absolute Gasteiger partial charge is 0.340 e. The molecule has 0 aromatic heterocycles. The van der Waals surface area contributed by atoms with E-state index < -0.39 is 25.8 Å². The second kappa shape index (κ2) is 4.37. The second-order valence-corrected chi connectivity index (χ2v) is 16.9.